The van der Waals surface area contributed by atoms with Gasteiger partial charge in [0.25, 0.3) is 5.88 Å². The molecule has 0 radical (unpaired) electrons. The van der Waals surface area contributed by atoms with E-state index >= 15 is 0 Å². The summed E-state index contributed by atoms with van der Waals surface area (Å²) in [6.07, 6.45) is 5.97. The van der Waals surface area contributed by atoms with Gasteiger partial charge in [0, 0.05) is 24.0 Å². The molecule has 1 unspecified atom stereocenters. The highest BCUT2D eigenvalue weighted by Crippen LogP contribution is 2.40. The van der Waals surface area contributed by atoms with Crippen LogP contribution in [0.15, 0.2) is 63.5 Å². The first kappa shape index (κ1) is 18.8. The average Bonchev–Trinajstić information content (AvgIpc) is 3.50. The minimum absolute atomic E-state index is 0.122. The van der Waals surface area contributed by atoms with Crippen LogP contribution in [0.25, 0.3) is 11.1 Å². The summed E-state index contributed by atoms with van der Waals surface area (Å²) in [7, 11) is 0. The number of amides is 1. The summed E-state index contributed by atoms with van der Waals surface area (Å²) < 4.78 is 15.9. The summed E-state index contributed by atoms with van der Waals surface area (Å²) in [4.78, 5) is 22.6. The van der Waals surface area contributed by atoms with Gasteiger partial charge in [-0.1, -0.05) is 6.07 Å². The van der Waals surface area contributed by atoms with Gasteiger partial charge in [-0.25, -0.2) is 14.8 Å². The Hall–Kier alpha value is -4.21. The fraction of sp³-hybridized carbons (Fsp3) is 0.190. The van der Waals surface area contributed by atoms with E-state index in [0.29, 0.717) is 18.1 Å². The first-order chi connectivity index (χ1) is 15.2. The Balaban J connectivity index is 1.33. The standard InChI is InChI=1S/C21H18N6O4/c22-25-7-6-23-19-4-2-14(11-24-19)13-1-3-16-15(9-13)10-17-18(31-21(28)27(16)17)12-29-20-5-8-30-26-20/h1-9,11,17-18H,10,12,22H2/b23-6?,25-7-/t17-,18?/m0/s1. The number of hydrogen-bond acceptors (Lipinski definition) is 9. The Morgan fingerprint density at radius 1 is 1.23 bits per heavy atom. The SMILES string of the molecule is N/N=C\C=Nc1ccc(-c2ccc3c(c2)C[C@H]2C(COc4ccon4)OC(=O)N32)cn1. The molecule has 2 aliphatic heterocycles. The second-order valence-corrected chi connectivity index (χ2v) is 7.04. The molecule has 0 saturated carbocycles. The molecule has 31 heavy (non-hydrogen) atoms. The molecule has 5 rings (SSSR count). The van der Waals surface area contributed by atoms with Crippen molar-refractivity contribution >= 4 is 30.0 Å². The smallest absolute Gasteiger partial charge is 0.415 e. The fourth-order valence-electron chi connectivity index (χ4n) is 3.82. The van der Waals surface area contributed by atoms with E-state index in [-0.39, 0.29) is 18.7 Å². The van der Waals surface area contributed by atoms with Gasteiger partial charge in [0.15, 0.2) is 11.9 Å². The van der Waals surface area contributed by atoms with Crippen molar-refractivity contribution in [3.63, 3.8) is 0 Å². The van der Waals surface area contributed by atoms with Gasteiger partial charge >= 0.3 is 6.09 Å². The van der Waals surface area contributed by atoms with Crippen LogP contribution in [-0.4, -0.2) is 47.4 Å². The van der Waals surface area contributed by atoms with Crippen molar-refractivity contribution in [3.8, 4) is 17.0 Å². The zero-order chi connectivity index (χ0) is 21.2. The van der Waals surface area contributed by atoms with Crippen molar-refractivity contribution in [2.75, 3.05) is 11.5 Å². The van der Waals surface area contributed by atoms with Crippen molar-refractivity contribution < 1.29 is 18.8 Å². The van der Waals surface area contributed by atoms with Gasteiger partial charge in [-0.15, -0.1) is 0 Å². The number of nitrogens with zero attached hydrogens (tertiary/aromatic N) is 5. The van der Waals surface area contributed by atoms with Gasteiger partial charge < -0.3 is 19.8 Å². The molecule has 2 aliphatic rings. The van der Waals surface area contributed by atoms with Gasteiger partial charge in [-0.3, -0.25) is 4.90 Å². The van der Waals surface area contributed by atoms with E-state index in [2.05, 4.69) is 26.3 Å². The fourth-order valence-corrected chi connectivity index (χ4v) is 3.82. The maximum absolute atomic E-state index is 12.5. The van der Waals surface area contributed by atoms with Crippen LogP contribution in [0.3, 0.4) is 0 Å². The van der Waals surface area contributed by atoms with Crippen LogP contribution in [0.1, 0.15) is 5.56 Å². The number of hydrazone groups is 1. The first-order valence-electron chi connectivity index (χ1n) is 9.61. The molecular formula is C21H18N6O4. The van der Waals surface area contributed by atoms with E-state index in [9.17, 15) is 4.79 Å². The largest absolute Gasteiger partial charge is 0.471 e. The Morgan fingerprint density at radius 2 is 2.13 bits per heavy atom. The molecule has 10 heteroatoms. The van der Waals surface area contributed by atoms with E-state index in [4.69, 9.17) is 19.8 Å². The molecule has 0 bridgehead atoms. The van der Waals surface area contributed by atoms with Gasteiger partial charge in [0.1, 0.15) is 12.9 Å². The molecular weight excluding hydrogens is 400 g/mol. The van der Waals surface area contributed by atoms with Crippen LogP contribution in [0.5, 0.6) is 5.88 Å². The summed E-state index contributed by atoms with van der Waals surface area (Å²) in [6.45, 7) is 0.209. The number of ether oxygens (including phenoxy) is 2. The lowest BCUT2D eigenvalue weighted by molar-refractivity contribution is 0.0886. The highest BCUT2D eigenvalue weighted by molar-refractivity contribution is 6.16. The van der Waals surface area contributed by atoms with Crippen LogP contribution in [0.2, 0.25) is 0 Å². The van der Waals surface area contributed by atoms with Crippen LogP contribution >= 0.6 is 0 Å². The van der Waals surface area contributed by atoms with Crippen LogP contribution < -0.4 is 15.5 Å². The van der Waals surface area contributed by atoms with E-state index in [0.717, 1.165) is 22.4 Å². The van der Waals surface area contributed by atoms with Gasteiger partial charge in [0.05, 0.1) is 17.9 Å². The molecule has 10 nitrogen and oxygen atoms in total. The lowest BCUT2D eigenvalue weighted by Crippen LogP contribution is -2.36. The van der Waals surface area contributed by atoms with Gasteiger partial charge in [-0.05, 0) is 47.0 Å². The lowest BCUT2D eigenvalue weighted by Gasteiger charge is -2.16. The molecule has 2 N–H and O–H groups in total. The number of cyclic esters (lactones) is 1. The Kier molecular flexibility index (Phi) is 4.79. The minimum atomic E-state index is -0.393. The molecule has 0 aliphatic carbocycles. The van der Waals surface area contributed by atoms with Crippen molar-refractivity contribution in [2.24, 2.45) is 15.9 Å². The number of nitrogens with two attached hydrogens (primary N) is 1. The van der Waals surface area contributed by atoms with Crippen LogP contribution in [0.4, 0.5) is 16.3 Å². The maximum Gasteiger partial charge on any atom is 0.415 e. The number of benzene rings is 1. The lowest BCUT2D eigenvalue weighted by atomic mass is 10.0. The number of carbonyl (C=O) groups is 1. The van der Waals surface area contributed by atoms with Gasteiger partial charge in [0.2, 0.25) is 0 Å². The zero-order valence-electron chi connectivity index (χ0n) is 16.3. The molecule has 1 fully saturated rings. The molecule has 1 aromatic carbocycles. The Bertz CT molecular complexity index is 1140. The minimum Gasteiger partial charge on any atom is -0.471 e. The molecule has 1 saturated heterocycles. The molecule has 3 aromatic rings. The molecule has 1 amide bonds. The predicted octanol–water partition coefficient (Wildman–Crippen LogP) is 2.71. The van der Waals surface area contributed by atoms with Crippen LogP contribution in [-0.2, 0) is 11.2 Å². The number of aromatic nitrogens is 2. The molecule has 2 atom stereocenters. The van der Waals surface area contributed by atoms with E-state index in [1.807, 2.05) is 24.3 Å². The molecule has 2 aromatic heterocycles. The van der Waals surface area contributed by atoms with E-state index < -0.39 is 6.10 Å². The maximum atomic E-state index is 12.5. The van der Waals surface area contributed by atoms with Crippen molar-refractivity contribution in [3.05, 3.63) is 54.4 Å². The summed E-state index contributed by atoms with van der Waals surface area (Å²) in [5.41, 5.74) is 3.90. The van der Waals surface area contributed by atoms with E-state index in [1.165, 1.54) is 18.7 Å². The van der Waals surface area contributed by atoms with Crippen molar-refractivity contribution in [2.45, 2.75) is 18.6 Å². The third kappa shape index (κ3) is 3.59. The number of pyridine rings is 1. The highest BCUT2D eigenvalue weighted by Gasteiger charge is 2.47. The number of rotatable bonds is 6. The third-order valence-electron chi connectivity index (χ3n) is 5.23. The summed E-state index contributed by atoms with van der Waals surface area (Å²) in [5, 5.41) is 7.07. The van der Waals surface area contributed by atoms with Crippen molar-refractivity contribution in [1.29, 1.82) is 0 Å². The molecule has 4 heterocycles. The number of fused-ring (bicyclic) bond motifs is 3. The number of carbonyl (C=O) groups excluding carboxylic acids is 1. The molecule has 156 valence electrons. The van der Waals surface area contributed by atoms with E-state index in [1.54, 1.807) is 17.2 Å². The number of anilines is 1. The predicted molar refractivity (Wildman–Crippen MR) is 113 cm³/mol. The zero-order valence-corrected chi connectivity index (χ0v) is 16.3. The van der Waals surface area contributed by atoms with Crippen LogP contribution in [0, 0.1) is 0 Å². The monoisotopic (exact) mass is 418 g/mol. The topological polar surface area (TPSA) is 128 Å². The summed E-state index contributed by atoms with van der Waals surface area (Å²) in [6, 6.07) is 11.2. The van der Waals surface area contributed by atoms with Crippen molar-refractivity contribution in [1.82, 2.24) is 10.1 Å². The summed E-state index contributed by atoms with van der Waals surface area (Å²) >= 11 is 0. The Morgan fingerprint density at radius 3 is 2.90 bits per heavy atom. The van der Waals surface area contributed by atoms with Gasteiger partial charge in [-0.2, -0.15) is 5.10 Å². The second kappa shape index (κ2) is 7.90. The number of aliphatic imine (C=N–C) groups is 1. The second-order valence-electron chi connectivity index (χ2n) is 7.04. The normalized spacial score (nSPS) is 19.7. The summed E-state index contributed by atoms with van der Waals surface area (Å²) in [5.74, 6) is 5.96. The average molecular weight is 418 g/mol. The first-order valence-corrected chi connectivity index (χ1v) is 9.61. The quantitative estimate of drug-likeness (QED) is 0.370. The Labute approximate surface area is 177 Å². The number of hydrogen-bond donors (Lipinski definition) is 1. The molecule has 0 spiro atoms. The highest BCUT2D eigenvalue weighted by atomic mass is 16.6. The third-order valence-corrected chi connectivity index (χ3v) is 5.23.